The van der Waals surface area contributed by atoms with Gasteiger partial charge in [-0.15, -0.1) is 0 Å². The van der Waals surface area contributed by atoms with Crippen LogP contribution in [0.15, 0.2) is 64.5 Å². The summed E-state index contributed by atoms with van der Waals surface area (Å²) in [6, 6.07) is 13.4. The number of ether oxygens (including phenoxy) is 2. The van der Waals surface area contributed by atoms with Crippen molar-refractivity contribution >= 4 is 21.5 Å². The lowest BCUT2D eigenvalue weighted by Gasteiger charge is -2.10. The van der Waals surface area contributed by atoms with Gasteiger partial charge in [0.1, 0.15) is 5.75 Å². The van der Waals surface area contributed by atoms with Gasteiger partial charge >= 0.3 is 5.97 Å². The van der Waals surface area contributed by atoms with Crippen LogP contribution >= 0.6 is 0 Å². The number of rotatable bonds is 8. The van der Waals surface area contributed by atoms with Crippen molar-refractivity contribution in [1.82, 2.24) is 0 Å². The second-order valence-electron chi connectivity index (χ2n) is 5.60. The number of carbonyl (C=O) groups excluding carboxylic acids is 1. The Morgan fingerprint density at radius 1 is 1.04 bits per heavy atom. The first-order valence-corrected chi connectivity index (χ1v) is 10.0. The van der Waals surface area contributed by atoms with Crippen molar-refractivity contribution in [2.75, 3.05) is 19.0 Å². The van der Waals surface area contributed by atoms with E-state index in [1.807, 2.05) is 13.8 Å². The number of carbonyl (C=O) groups is 1. The third-order valence-electron chi connectivity index (χ3n) is 3.85. The molecule has 0 heterocycles. The average Bonchev–Trinajstić information content (AvgIpc) is 2.69. The molecule has 0 saturated heterocycles. The van der Waals surface area contributed by atoms with Gasteiger partial charge in [-0.05, 0) is 55.3 Å². The molecule has 0 radical (unpaired) electrons. The molecule has 0 saturated carbocycles. The molecule has 0 bridgehead atoms. The molecule has 1 N–H and O–H groups in total. The van der Waals surface area contributed by atoms with Crippen LogP contribution in [0, 0.1) is 0 Å². The van der Waals surface area contributed by atoms with Gasteiger partial charge < -0.3 is 14.8 Å². The van der Waals surface area contributed by atoms with E-state index in [9.17, 15) is 13.2 Å². The summed E-state index contributed by atoms with van der Waals surface area (Å²) < 4.78 is 35.7. The molecule has 0 fully saturated rings. The lowest BCUT2D eigenvalue weighted by atomic mass is 10.2. The Morgan fingerprint density at radius 3 is 2.19 bits per heavy atom. The number of esters is 1. The molecule has 27 heavy (non-hydrogen) atoms. The molecule has 0 aliphatic rings. The van der Waals surface area contributed by atoms with Crippen molar-refractivity contribution in [3.63, 3.8) is 0 Å². The summed E-state index contributed by atoms with van der Waals surface area (Å²) in [6.07, 6.45) is 1.93. The summed E-state index contributed by atoms with van der Waals surface area (Å²) in [6.45, 7) is 4.41. The van der Waals surface area contributed by atoms with Gasteiger partial charge in [0, 0.05) is 11.9 Å². The monoisotopic (exact) mass is 389 g/mol. The van der Waals surface area contributed by atoms with Crippen molar-refractivity contribution in [2.45, 2.75) is 25.2 Å². The maximum absolute atomic E-state index is 12.9. The molecule has 7 heteroatoms. The highest BCUT2D eigenvalue weighted by molar-refractivity contribution is 7.96. The normalized spacial score (nSPS) is 11.7. The van der Waals surface area contributed by atoms with Crippen LogP contribution in [0.2, 0.25) is 0 Å². The van der Waals surface area contributed by atoms with E-state index in [1.54, 1.807) is 36.4 Å². The number of anilines is 1. The van der Waals surface area contributed by atoms with E-state index >= 15 is 0 Å². The standard InChI is InChI=1S/C20H23NO5S/c1-4-15-6-12-18(13-7-15)27(23,24)19(20(22)25-3)14-21-16-8-10-17(11-9-16)26-5-2/h6-14,21H,4-5H2,1-3H3/b19-14+. The molecule has 144 valence electrons. The lowest BCUT2D eigenvalue weighted by Crippen LogP contribution is -2.17. The fourth-order valence-corrected chi connectivity index (χ4v) is 3.61. The molecule has 6 nitrogen and oxygen atoms in total. The number of benzene rings is 2. The Hall–Kier alpha value is -2.80. The van der Waals surface area contributed by atoms with Crippen LogP contribution in [0.5, 0.6) is 5.75 Å². The summed E-state index contributed by atoms with van der Waals surface area (Å²) >= 11 is 0. The van der Waals surface area contributed by atoms with Crippen LogP contribution in [0.3, 0.4) is 0 Å². The second kappa shape index (κ2) is 9.23. The van der Waals surface area contributed by atoms with Crippen molar-refractivity contribution in [2.24, 2.45) is 0 Å². The van der Waals surface area contributed by atoms with E-state index in [1.165, 1.54) is 12.1 Å². The number of hydrogen-bond acceptors (Lipinski definition) is 6. The highest BCUT2D eigenvalue weighted by Crippen LogP contribution is 2.22. The predicted molar refractivity (Wildman–Crippen MR) is 104 cm³/mol. The molecule has 0 aromatic heterocycles. The highest BCUT2D eigenvalue weighted by Gasteiger charge is 2.28. The minimum Gasteiger partial charge on any atom is -0.494 e. The van der Waals surface area contributed by atoms with Gasteiger partial charge in [0.25, 0.3) is 0 Å². The number of hydrogen-bond donors (Lipinski definition) is 1. The maximum atomic E-state index is 12.9. The van der Waals surface area contributed by atoms with Crippen molar-refractivity contribution < 1.29 is 22.7 Å². The molecular formula is C20H23NO5S. The smallest absolute Gasteiger partial charge is 0.351 e. The second-order valence-corrected chi connectivity index (χ2v) is 7.52. The summed E-state index contributed by atoms with van der Waals surface area (Å²) in [5.74, 6) is -0.239. The molecule has 0 aliphatic carbocycles. The van der Waals surface area contributed by atoms with Gasteiger partial charge in [0.05, 0.1) is 18.6 Å². The summed E-state index contributed by atoms with van der Waals surface area (Å²) in [4.78, 5) is 11.6. The minimum atomic E-state index is -4.02. The molecule has 0 aliphatic heterocycles. The quantitative estimate of drug-likeness (QED) is 0.549. The minimum absolute atomic E-state index is 0.0323. The Bertz CT molecular complexity index is 900. The molecule has 0 atom stereocenters. The van der Waals surface area contributed by atoms with Gasteiger partial charge in [-0.2, -0.15) is 0 Å². The number of aryl methyl sites for hydroxylation is 1. The van der Waals surface area contributed by atoms with Gasteiger partial charge in [0.2, 0.25) is 9.84 Å². The fraction of sp³-hybridized carbons (Fsp3) is 0.250. The Balaban J connectivity index is 2.32. The zero-order valence-corrected chi connectivity index (χ0v) is 16.4. The zero-order valence-electron chi connectivity index (χ0n) is 15.6. The highest BCUT2D eigenvalue weighted by atomic mass is 32.2. The largest absolute Gasteiger partial charge is 0.494 e. The zero-order chi connectivity index (χ0) is 19.9. The molecule has 2 rings (SSSR count). The van der Waals surface area contributed by atoms with Gasteiger partial charge in [-0.3, -0.25) is 0 Å². The van der Waals surface area contributed by atoms with E-state index in [4.69, 9.17) is 4.74 Å². The fourth-order valence-electron chi connectivity index (χ4n) is 2.34. The summed E-state index contributed by atoms with van der Waals surface area (Å²) in [5, 5.41) is 2.83. The first-order chi connectivity index (χ1) is 12.9. The van der Waals surface area contributed by atoms with Crippen LogP contribution in [-0.4, -0.2) is 28.1 Å². The average molecular weight is 389 g/mol. The van der Waals surface area contributed by atoms with Gasteiger partial charge in [-0.25, -0.2) is 13.2 Å². The first-order valence-electron chi connectivity index (χ1n) is 8.54. The molecule has 0 amide bonds. The Kier molecular flexibility index (Phi) is 7.01. The number of methoxy groups -OCH3 is 1. The molecule has 2 aromatic rings. The van der Waals surface area contributed by atoms with Crippen molar-refractivity contribution in [1.29, 1.82) is 0 Å². The van der Waals surface area contributed by atoms with E-state index < -0.39 is 20.7 Å². The van der Waals surface area contributed by atoms with Gasteiger partial charge in [-0.1, -0.05) is 19.1 Å². The third kappa shape index (κ3) is 5.10. The van der Waals surface area contributed by atoms with Crippen LogP contribution in [0.25, 0.3) is 0 Å². The van der Waals surface area contributed by atoms with E-state index in [0.29, 0.717) is 18.0 Å². The molecule has 0 unspecified atom stereocenters. The van der Waals surface area contributed by atoms with E-state index in [-0.39, 0.29) is 4.90 Å². The third-order valence-corrected chi connectivity index (χ3v) is 5.61. The van der Waals surface area contributed by atoms with Crippen molar-refractivity contribution in [3.8, 4) is 5.75 Å². The van der Waals surface area contributed by atoms with E-state index in [2.05, 4.69) is 10.1 Å². The number of nitrogens with one attached hydrogen (secondary N) is 1. The van der Waals surface area contributed by atoms with Crippen molar-refractivity contribution in [3.05, 3.63) is 65.2 Å². The summed E-state index contributed by atoms with van der Waals surface area (Å²) in [7, 11) is -2.88. The van der Waals surface area contributed by atoms with E-state index in [0.717, 1.165) is 25.3 Å². The molecular weight excluding hydrogens is 366 g/mol. The predicted octanol–water partition coefficient (Wildman–Crippen LogP) is 3.55. The Morgan fingerprint density at radius 2 is 1.67 bits per heavy atom. The number of sulfone groups is 1. The summed E-state index contributed by atoms with van der Waals surface area (Å²) in [5.41, 5.74) is 1.61. The maximum Gasteiger partial charge on any atom is 0.351 e. The molecule has 0 spiro atoms. The van der Waals surface area contributed by atoms with Crippen LogP contribution in [0.1, 0.15) is 19.4 Å². The Labute approximate surface area is 159 Å². The topological polar surface area (TPSA) is 81.7 Å². The van der Waals surface area contributed by atoms with Crippen LogP contribution in [-0.2, 0) is 25.8 Å². The van der Waals surface area contributed by atoms with Gasteiger partial charge in [0.15, 0.2) is 4.91 Å². The lowest BCUT2D eigenvalue weighted by molar-refractivity contribution is -0.135. The van der Waals surface area contributed by atoms with Crippen LogP contribution < -0.4 is 10.1 Å². The SMILES string of the molecule is CCOc1ccc(N/C=C(\C(=O)OC)S(=O)(=O)c2ccc(CC)cc2)cc1. The molecule has 2 aromatic carbocycles. The first kappa shape index (κ1) is 20.5. The van der Waals surface area contributed by atoms with Crippen LogP contribution in [0.4, 0.5) is 5.69 Å².